The summed E-state index contributed by atoms with van der Waals surface area (Å²) in [6.07, 6.45) is 0. The topological polar surface area (TPSA) is 66.8 Å². The Labute approximate surface area is 175 Å². The molecule has 0 aliphatic carbocycles. The molecule has 3 amide bonds. The van der Waals surface area contributed by atoms with Crippen molar-refractivity contribution < 1.29 is 14.3 Å². The molecule has 30 heavy (non-hydrogen) atoms. The Morgan fingerprint density at radius 3 is 2.70 bits per heavy atom. The Morgan fingerprint density at radius 1 is 1.10 bits per heavy atom. The monoisotopic (exact) mass is 406 g/mol. The van der Waals surface area contributed by atoms with Gasteiger partial charge in [0.1, 0.15) is 12.3 Å². The van der Waals surface area contributed by atoms with E-state index in [0.29, 0.717) is 31.9 Å². The van der Waals surface area contributed by atoms with Gasteiger partial charge in [-0.25, -0.2) is 4.79 Å². The van der Waals surface area contributed by atoms with E-state index in [2.05, 4.69) is 35.0 Å². The van der Waals surface area contributed by atoms with Gasteiger partial charge < -0.3 is 19.5 Å². The van der Waals surface area contributed by atoms with Crippen molar-refractivity contribution in [2.45, 2.75) is 13.5 Å². The van der Waals surface area contributed by atoms with Crippen LogP contribution >= 0.6 is 0 Å². The molecule has 0 saturated carbocycles. The number of para-hydroxylation sites is 3. The standard InChI is InChI=1S/C23H26N4O3/c1-17-15-18-7-3-4-8-19(18)26(17)12-11-24-22(28)16-25-13-14-27(23(25)29)20-9-5-6-10-21(20)30-2/h3-10,15H,11-14,16H2,1-2H3,(H,24,28). The van der Waals surface area contributed by atoms with Crippen LogP contribution in [0.5, 0.6) is 5.75 Å². The van der Waals surface area contributed by atoms with Crippen LogP contribution in [0.2, 0.25) is 0 Å². The number of carbonyl (C=O) groups excluding carboxylic acids is 2. The van der Waals surface area contributed by atoms with Gasteiger partial charge in [-0.3, -0.25) is 9.69 Å². The maximum atomic E-state index is 12.8. The second-order valence-electron chi connectivity index (χ2n) is 7.37. The Bertz CT molecular complexity index is 1080. The van der Waals surface area contributed by atoms with Gasteiger partial charge in [-0.1, -0.05) is 30.3 Å². The lowest BCUT2D eigenvalue weighted by molar-refractivity contribution is -0.121. The van der Waals surface area contributed by atoms with Crippen molar-refractivity contribution in [2.24, 2.45) is 0 Å². The first-order chi connectivity index (χ1) is 14.6. The molecule has 1 N–H and O–H groups in total. The minimum Gasteiger partial charge on any atom is -0.495 e. The Hall–Kier alpha value is -3.48. The molecule has 7 nitrogen and oxygen atoms in total. The van der Waals surface area contributed by atoms with E-state index in [-0.39, 0.29) is 18.5 Å². The van der Waals surface area contributed by atoms with E-state index in [1.165, 1.54) is 5.39 Å². The molecule has 1 aliphatic heterocycles. The van der Waals surface area contributed by atoms with Crippen molar-refractivity contribution in [1.29, 1.82) is 0 Å². The number of fused-ring (bicyclic) bond motifs is 1. The zero-order valence-corrected chi connectivity index (χ0v) is 17.3. The molecule has 7 heteroatoms. The SMILES string of the molecule is COc1ccccc1N1CCN(CC(=O)NCCn2c(C)cc3ccccc32)C1=O. The zero-order chi connectivity index (χ0) is 21.1. The van der Waals surface area contributed by atoms with E-state index in [0.717, 1.165) is 16.9 Å². The number of amides is 3. The van der Waals surface area contributed by atoms with Crippen LogP contribution in [0.25, 0.3) is 10.9 Å². The molecule has 1 fully saturated rings. The zero-order valence-electron chi connectivity index (χ0n) is 17.3. The number of hydrogen-bond acceptors (Lipinski definition) is 3. The summed E-state index contributed by atoms with van der Waals surface area (Å²) in [6, 6.07) is 17.6. The average molecular weight is 406 g/mol. The highest BCUT2D eigenvalue weighted by Gasteiger charge is 2.32. The van der Waals surface area contributed by atoms with E-state index >= 15 is 0 Å². The summed E-state index contributed by atoms with van der Waals surface area (Å²) in [5, 5.41) is 4.14. The van der Waals surface area contributed by atoms with Crippen molar-refractivity contribution in [3.63, 3.8) is 0 Å². The van der Waals surface area contributed by atoms with Gasteiger partial charge in [0.25, 0.3) is 0 Å². The third kappa shape index (κ3) is 3.83. The first-order valence-electron chi connectivity index (χ1n) is 10.1. The number of nitrogens with one attached hydrogen (secondary N) is 1. The van der Waals surface area contributed by atoms with Crippen LogP contribution in [0.3, 0.4) is 0 Å². The summed E-state index contributed by atoms with van der Waals surface area (Å²) < 4.78 is 7.55. The Balaban J connectivity index is 1.32. The molecule has 0 unspecified atom stereocenters. The van der Waals surface area contributed by atoms with Gasteiger partial charge in [0.15, 0.2) is 0 Å². The second kappa shape index (κ2) is 8.49. The van der Waals surface area contributed by atoms with Crippen molar-refractivity contribution in [2.75, 3.05) is 38.2 Å². The second-order valence-corrected chi connectivity index (χ2v) is 7.37. The third-order valence-corrected chi connectivity index (χ3v) is 5.48. The summed E-state index contributed by atoms with van der Waals surface area (Å²) in [6.45, 7) is 4.35. The lowest BCUT2D eigenvalue weighted by Gasteiger charge is -2.20. The molecule has 0 radical (unpaired) electrons. The minimum absolute atomic E-state index is 0.0515. The van der Waals surface area contributed by atoms with Gasteiger partial charge in [-0.05, 0) is 36.6 Å². The van der Waals surface area contributed by atoms with Crippen LogP contribution in [0.15, 0.2) is 54.6 Å². The van der Waals surface area contributed by atoms with Crippen LogP contribution in [0.1, 0.15) is 5.69 Å². The van der Waals surface area contributed by atoms with Crippen LogP contribution in [0.4, 0.5) is 10.5 Å². The number of hydrogen-bond donors (Lipinski definition) is 1. The Kier molecular flexibility index (Phi) is 5.61. The normalized spacial score (nSPS) is 13.9. The molecular weight excluding hydrogens is 380 g/mol. The lowest BCUT2D eigenvalue weighted by Crippen LogP contribution is -2.40. The fraction of sp³-hybridized carbons (Fsp3) is 0.304. The van der Waals surface area contributed by atoms with E-state index in [1.807, 2.05) is 36.4 Å². The van der Waals surface area contributed by atoms with Gasteiger partial charge in [0.05, 0.1) is 12.8 Å². The molecule has 156 valence electrons. The number of benzene rings is 2. The van der Waals surface area contributed by atoms with Crippen LogP contribution in [-0.2, 0) is 11.3 Å². The van der Waals surface area contributed by atoms with Gasteiger partial charge in [0, 0.05) is 37.4 Å². The first kappa shape index (κ1) is 19.8. The maximum Gasteiger partial charge on any atom is 0.325 e. The average Bonchev–Trinajstić information content (AvgIpc) is 3.27. The molecule has 2 heterocycles. The molecule has 0 bridgehead atoms. The fourth-order valence-corrected chi connectivity index (χ4v) is 3.99. The molecule has 3 aromatic rings. The number of nitrogens with zero attached hydrogens (tertiary/aromatic N) is 3. The highest BCUT2D eigenvalue weighted by molar-refractivity contribution is 5.97. The summed E-state index contributed by atoms with van der Waals surface area (Å²) in [4.78, 5) is 28.4. The van der Waals surface area contributed by atoms with Gasteiger partial charge in [-0.2, -0.15) is 0 Å². The molecular formula is C23H26N4O3. The molecule has 1 aliphatic rings. The molecule has 1 aromatic heterocycles. The molecule has 0 atom stereocenters. The largest absolute Gasteiger partial charge is 0.495 e. The molecule has 1 saturated heterocycles. The number of anilines is 1. The molecule has 0 spiro atoms. The summed E-state index contributed by atoms with van der Waals surface area (Å²) in [5.74, 6) is 0.491. The predicted octanol–water partition coefficient (Wildman–Crippen LogP) is 3.02. The van der Waals surface area contributed by atoms with Crippen molar-refractivity contribution >= 4 is 28.5 Å². The number of methoxy groups -OCH3 is 1. The van der Waals surface area contributed by atoms with Crippen molar-refractivity contribution in [3.05, 3.63) is 60.3 Å². The highest BCUT2D eigenvalue weighted by Crippen LogP contribution is 2.30. The summed E-state index contributed by atoms with van der Waals surface area (Å²) in [5.41, 5.74) is 3.04. The summed E-state index contributed by atoms with van der Waals surface area (Å²) in [7, 11) is 1.58. The number of rotatable bonds is 7. The number of aromatic nitrogens is 1. The highest BCUT2D eigenvalue weighted by atomic mass is 16.5. The summed E-state index contributed by atoms with van der Waals surface area (Å²) >= 11 is 0. The van der Waals surface area contributed by atoms with Gasteiger partial charge >= 0.3 is 6.03 Å². The maximum absolute atomic E-state index is 12.8. The van der Waals surface area contributed by atoms with E-state index < -0.39 is 0 Å². The fourth-order valence-electron chi connectivity index (χ4n) is 3.99. The van der Waals surface area contributed by atoms with Crippen LogP contribution in [-0.4, -0.2) is 54.7 Å². The van der Waals surface area contributed by atoms with Crippen molar-refractivity contribution in [1.82, 2.24) is 14.8 Å². The van der Waals surface area contributed by atoms with Crippen LogP contribution in [0, 0.1) is 6.92 Å². The molecule has 4 rings (SSSR count). The van der Waals surface area contributed by atoms with Gasteiger partial charge in [-0.15, -0.1) is 0 Å². The predicted molar refractivity (Wildman–Crippen MR) is 117 cm³/mol. The number of aryl methyl sites for hydroxylation is 1. The van der Waals surface area contributed by atoms with E-state index in [4.69, 9.17) is 4.74 Å². The number of urea groups is 1. The Morgan fingerprint density at radius 2 is 1.87 bits per heavy atom. The van der Waals surface area contributed by atoms with E-state index in [1.54, 1.807) is 16.9 Å². The minimum atomic E-state index is -0.179. The number of ether oxygens (including phenoxy) is 1. The van der Waals surface area contributed by atoms with Crippen molar-refractivity contribution in [3.8, 4) is 5.75 Å². The lowest BCUT2D eigenvalue weighted by atomic mass is 10.2. The smallest absolute Gasteiger partial charge is 0.325 e. The number of carbonyl (C=O) groups is 2. The first-order valence-corrected chi connectivity index (χ1v) is 10.1. The third-order valence-electron chi connectivity index (χ3n) is 5.48. The van der Waals surface area contributed by atoms with E-state index in [9.17, 15) is 9.59 Å². The van der Waals surface area contributed by atoms with Crippen LogP contribution < -0.4 is 15.0 Å². The molecule has 2 aromatic carbocycles. The quantitative estimate of drug-likeness (QED) is 0.656. The van der Waals surface area contributed by atoms with Gasteiger partial charge in [0.2, 0.25) is 5.91 Å².